The average Bonchev–Trinajstić information content (AvgIpc) is 2.46. The van der Waals surface area contributed by atoms with Gasteiger partial charge < -0.3 is 0 Å². The third-order valence-corrected chi connectivity index (χ3v) is 4.54. The molecule has 1 radical (unpaired) electrons. The smallest absolute Gasteiger partial charge is 0.0414 e. The molecule has 0 N–H and O–H groups in total. The molecule has 0 amide bonds. The molecule has 0 nitrogen and oxygen atoms in total. The van der Waals surface area contributed by atoms with Gasteiger partial charge in [-0.05, 0) is 5.92 Å². The molecular weight excluding hydrogens is 240 g/mol. The van der Waals surface area contributed by atoms with E-state index in [0.717, 1.165) is 12.3 Å². The van der Waals surface area contributed by atoms with Crippen molar-refractivity contribution in [2.75, 3.05) is 0 Å². The third-order valence-electron chi connectivity index (χ3n) is 4.54. The van der Waals surface area contributed by atoms with Crippen LogP contribution < -0.4 is 0 Å². The Labute approximate surface area is 130 Å². The second-order valence-corrected chi connectivity index (χ2v) is 6.62. The highest BCUT2D eigenvalue weighted by Crippen LogP contribution is 2.22. The Morgan fingerprint density at radius 1 is 0.550 bits per heavy atom. The topological polar surface area (TPSA) is 0 Å². The molecule has 0 aromatic rings. The lowest BCUT2D eigenvalue weighted by molar-refractivity contribution is 0.383. The van der Waals surface area contributed by atoms with Gasteiger partial charge in [0, 0.05) is 0 Å². The normalized spacial score (nSPS) is 12.8. The Balaban J connectivity index is 3.40. The Morgan fingerprint density at radius 3 is 1.40 bits per heavy atom. The van der Waals surface area contributed by atoms with E-state index < -0.39 is 0 Å². The lowest BCUT2D eigenvalue weighted by Gasteiger charge is -2.15. The quantitative estimate of drug-likeness (QED) is 0.254. The third kappa shape index (κ3) is 14.4. The van der Waals surface area contributed by atoms with E-state index in [1.165, 1.54) is 96.3 Å². The van der Waals surface area contributed by atoms with Gasteiger partial charge in [0.2, 0.25) is 0 Å². The van der Waals surface area contributed by atoms with Gasteiger partial charge in [-0.3, -0.25) is 0 Å². The van der Waals surface area contributed by atoms with Crippen molar-refractivity contribution < 1.29 is 0 Å². The lowest BCUT2D eigenvalue weighted by atomic mass is 9.91. The number of hydrogen-bond acceptors (Lipinski definition) is 0. The molecule has 0 fully saturated rings. The minimum atomic E-state index is 0.976. The van der Waals surface area contributed by atoms with Gasteiger partial charge in [-0.25, -0.2) is 0 Å². The molecule has 0 bridgehead atoms. The second-order valence-electron chi connectivity index (χ2n) is 6.62. The molecule has 20 heavy (non-hydrogen) atoms. The van der Waals surface area contributed by atoms with Crippen molar-refractivity contribution in [1.29, 1.82) is 0 Å². The van der Waals surface area contributed by atoms with Gasteiger partial charge in [0.25, 0.3) is 0 Å². The maximum Gasteiger partial charge on any atom is -0.0414 e. The van der Waals surface area contributed by atoms with Crippen LogP contribution in [0.5, 0.6) is 0 Å². The van der Waals surface area contributed by atoms with E-state index in [1.807, 2.05) is 0 Å². The molecule has 0 saturated carbocycles. The summed E-state index contributed by atoms with van der Waals surface area (Å²) in [7, 11) is 0. The fourth-order valence-corrected chi connectivity index (χ4v) is 3.15. The van der Waals surface area contributed by atoms with Crippen LogP contribution >= 0.6 is 0 Å². The highest BCUT2D eigenvalue weighted by atomic mass is 14.1. The molecular formula is C20H41. The molecule has 0 heteroatoms. The zero-order valence-corrected chi connectivity index (χ0v) is 14.6. The van der Waals surface area contributed by atoms with Gasteiger partial charge in [0.15, 0.2) is 0 Å². The first-order chi connectivity index (χ1) is 9.85. The van der Waals surface area contributed by atoms with Crippen LogP contribution in [0.2, 0.25) is 0 Å². The van der Waals surface area contributed by atoms with E-state index >= 15 is 0 Å². The minimum Gasteiger partial charge on any atom is -0.0654 e. The minimum absolute atomic E-state index is 0.976. The molecule has 0 aromatic heterocycles. The van der Waals surface area contributed by atoms with Gasteiger partial charge in [0.1, 0.15) is 0 Å². The first-order valence-corrected chi connectivity index (χ1v) is 9.64. The monoisotopic (exact) mass is 281 g/mol. The van der Waals surface area contributed by atoms with Crippen LogP contribution in [0.1, 0.15) is 117 Å². The van der Waals surface area contributed by atoms with Crippen LogP contribution in [0.4, 0.5) is 0 Å². The zero-order valence-electron chi connectivity index (χ0n) is 14.6. The maximum atomic E-state index is 4.06. The van der Waals surface area contributed by atoms with Crippen molar-refractivity contribution in [3.05, 3.63) is 6.92 Å². The Morgan fingerprint density at radius 2 is 0.950 bits per heavy atom. The zero-order chi connectivity index (χ0) is 14.9. The summed E-state index contributed by atoms with van der Waals surface area (Å²) >= 11 is 0. The van der Waals surface area contributed by atoms with E-state index in [4.69, 9.17) is 0 Å². The SMILES string of the molecule is [CH2]CCC(CCCCCC)CCCCCCCCCC. The van der Waals surface area contributed by atoms with E-state index in [2.05, 4.69) is 20.8 Å². The Hall–Kier alpha value is 0. The van der Waals surface area contributed by atoms with Gasteiger partial charge in [-0.2, -0.15) is 0 Å². The predicted octanol–water partition coefficient (Wildman–Crippen LogP) is 7.72. The van der Waals surface area contributed by atoms with Crippen molar-refractivity contribution >= 4 is 0 Å². The molecule has 0 rings (SSSR count). The summed E-state index contributed by atoms with van der Waals surface area (Å²) in [5, 5.41) is 0. The summed E-state index contributed by atoms with van der Waals surface area (Å²) in [4.78, 5) is 0. The number of hydrogen-bond donors (Lipinski definition) is 0. The highest BCUT2D eigenvalue weighted by molar-refractivity contribution is 4.62. The van der Waals surface area contributed by atoms with Crippen LogP contribution in [-0.2, 0) is 0 Å². The Kier molecular flexibility index (Phi) is 17.1. The molecule has 1 atom stereocenters. The van der Waals surface area contributed by atoms with E-state index in [0.29, 0.717) is 0 Å². The van der Waals surface area contributed by atoms with Crippen LogP contribution in [-0.4, -0.2) is 0 Å². The summed E-state index contributed by atoms with van der Waals surface area (Å²) in [5.41, 5.74) is 0. The van der Waals surface area contributed by atoms with Crippen LogP contribution in [0.15, 0.2) is 0 Å². The molecule has 0 spiro atoms. The number of unbranched alkanes of at least 4 members (excludes halogenated alkanes) is 10. The van der Waals surface area contributed by atoms with Crippen LogP contribution in [0.25, 0.3) is 0 Å². The van der Waals surface area contributed by atoms with E-state index in [1.54, 1.807) is 0 Å². The fraction of sp³-hybridized carbons (Fsp3) is 0.950. The first-order valence-electron chi connectivity index (χ1n) is 9.64. The molecule has 1 unspecified atom stereocenters. The fourth-order valence-electron chi connectivity index (χ4n) is 3.15. The second kappa shape index (κ2) is 17.1. The maximum absolute atomic E-state index is 4.06. The summed E-state index contributed by atoms with van der Waals surface area (Å²) in [5.74, 6) is 0.976. The van der Waals surface area contributed by atoms with Crippen molar-refractivity contribution in [2.24, 2.45) is 5.92 Å². The van der Waals surface area contributed by atoms with Gasteiger partial charge >= 0.3 is 0 Å². The standard InChI is InChI=1S/C20H41/c1-4-7-9-11-12-13-14-16-19-20(17-6-3)18-15-10-8-5-2/h20H,3-19H2,1-2H3. The van der Waals surface area contributed by atoms with E-state index in [9.17, 15) is 0 Å². The van der Waals surface area contributed by atoms with E-state index in [-0.39, 0.29) is 0 Å². The van der Waals surface area contributed by atoms with Crippen LogP contribution in [0, 0.1) is 12.8 Å². The van der Waals surface area contributed by atoms with Crippen molar-refractivity contribution in [3.8, 4) is 0 Å². The highest BCUT2D eigenvalue weighted by Gasteiger charge is 2.07. The summed E-state index contributed by atoms with van der Waals surface area (Å²) < 4.78 is 0. The predicted molar refractivity (Wildman–Crippen MR) is 94.1 cm³/mol. The van der Waals surface area contributed by atoms with Crippen molar-refractivity contribution in [3.63, 3.8) is 0 Å². The van der Waals surface area contributed by atoms with Crippen molar-refractivity contribution in [2.45, 2.75) is 117 Å². The lowest BCUT2D eigenvalue weighted by Crippen LogP contribution is -2.00. The molecule has 0 aliphatic heterocycles. The molecule has 0 aliphatic rings. The van der Waals surface area contributed by atoms with Gasteiger partial charge in [-0.15, -0.1) is 0 Å². The van der Waals surface area contributed by atoms with Gasteiger partial charge in [0.05, 0.1) is 0 Å². The molecule has 0 saturated heterocycles. The van der Waals surface area contributed by atoms with Crippen LogP contribution in [0.3, 0.4) is 0 Å². The summed E-state index contributed by atoms with van der Waals surface area (Å²) in [6.07, 6.45) is 22.7. The molecule has 121 valence electrons. The summed E-state index contributed by atoms with van der Waals surface area (Å²) in [6.45, 7) is 8.65. The molecule has 0 heterocycles. The first kappa shape index (κ1) is 20.0. The molecule has 0 aromatic carbocycles. The molecule has 0 aliphatic carbocycles. The van der Waals surface area contributed by atoms with Gasteiger partial charge in [-0.1, -0.05) is 124 Å². The summed E-state index contributed by atoms with van der Waals surface area (Å²) in [6, 6.07) is 0. The largest absolute Gasteiger partial charge is 0.0654 e. The Bertz CT molecular complexity index is 161. The average molecular weight is 282 g/mol. The number of rotatable bonds is 16. The van der Waals surface area contributed by atoms with Crippen molar-refractivity contribution in [1.82, 2.24) is 0 Å².